The summed E-state index contributed by atoms with van der Waals surface area (Å²) in [5, 5.41) is 8.80. The molecule has 1 aromatic carbocycles. The number of anilines is 2. The fourth-order valence-electron chi connectivity index (χ4n) is 3.09. The van der Waals surface area contributed by atoms with Gasteiger partial charge in [-0.1, -0.05) is 12.1 Å². The van der Waals surface area contributed by atoms with Gasteiger partial charge in [0.2, 0.25) is 5.95 Å². The zero-order chi connectivity index (χ0) is 24.5. The van der Waals surface area contributed by atoms with E-state index >= 15 is 0 Å². The van der Waals surface area contributed by atoms with E-state index in [4.69, 9.17) is 4.42 Å². The molecule has 13 heteroatoms. The fraction of sp³-hybridized carbons (Fsp3) is 0.190. The molecule has 4 rings (SSSR count). The van der Waals surface area contributed by atoms with E-state index in [1.54, 1.807) is 36.2 Å². The minimum Gasteiger partial charge on any atom is -0.440 e. The summed E-state index contributed by atoms with van der Waals surface area (Å²) < 4.78 is 60.8. The molecule has 176 valence electrons. The molecule has 0 aliphatic rings. The van der Waals surface area contributed by atoms with Crippen LogP contribution in [0.1, 0.15) is 27.9 Å². The number of aromatic nitrogens is 5. The minimum absolute atomic E-state index is 0.118. The minimum atomic E-state index is -4.88. The van der Waals surface area contributed by atoms with Gasteiger partial charge in [-0.3, -0.25) is 9.48 Å². The van der Waals surface area contributed by atoms with Crippen LogP contribution in [0.5, 0.6) is 0 Å². The van der Waals surface area contributed by atoms with Crippen LogP contribution in [-0.2, 0) is 7.05 Å². The molecule has 4 aromatic rings. The third-order valence-electron chi connectivity index (χ3n) is 4.76. The largest absolute Gasteiger partial charge is 0.440 e. The van der Waals surface area contributed by atoms with E-state index in [1.165, 1.54) is 6.20 Å². The number of nitrogens with one attached hydrogen (secondary N) is 2. The van der Waals surface area contributed by atoms with Crippen LogP contribution >= 0.6 is 0 Å². The maximum Gasteiger partial charge on any atom is 0.412 e. The molecule has 1 amide bonds. The smallest absolute Gasteiger partial charge is 0.412 e. The Morgan fingerprint density at radius 3 is 2.68 bits per heavy atom. The van der Waals surface area contributed by atoms with Crippen molar-refractivity contribution in [2.24, 2.45) is 7.05 Å². The zero-order valence-electron chi connectivity index (χ0n) is 17.8. The number of oxazole rings is 1. The van der Waals surface area contributed by atoms with E-state index in [0.29, 0.717) is 23.1 Å². The molecular weight excluding hydrogens is 458 g/mol. The molecule has 3 aromatic heterocycles. The Hall–Kier alpha value is -4.29. The summed E-state index contributed by atoms with van der Waals surface area (Å²) in [5.74, 6) is -1.88. The molecule has 0 unspecified atom stereocenters. The SMILES string of the molecule is Cc1cnc(Nc2ccnn2C)nc1-c1coc(C(=O)N[C@@H](c2cccc(F)c2)C(F)(F)F)n1. The second kappa shape index (κ2) is 8.92. The molecule has 0 aliphatic heterocycles. The molecule has 0 bridgehead atoms. The lowest BCUT2D eigenvalue weighted by Crippen LogP contribution is -2.38. The summed E-state index contributed by atoms with van der Waals surface area (Å²) >= 11 is 0. The van der Waals surface area contributed by atoms with Crippen LogP contribution in [0.2, 0.25) is 0 Å². The van der Waals surface area contributed by atoms with Crippen LogP contribution in [0.15, 0.2) is 53.4 Å². The molecule has 0 saturated heterocycles. The number of carbonyl (C=O) groups excluding carboxylic acids is 1. The lowest BCUT2D eigenvalue weighted by molar-refractivity contribution is -0.155. The van der Waals surface area contributed by atoms with Crippen molar-refractivity contribution in [1.29, 1.82) is 0 Å². The Labute approximate surface area is 189 Å². The third-order valence-corrected chi connectivity index (χ3v) is 4.76. The van der Waals surface area contributed by atoms with Gasteiger partial charge in [-0.05, 0) is 30.2 Å². The van der Waals surface area contributed by atoms with Crippen molar-refractivity contribution in [3.05, 3.63) is 71.8 Å². The fourth-order valence-corrected chi connectivity index (χ4v) is 3.09. The van der Waals surface area contributed by atoms with Gasteiger partial charge in [-0.25, -0.2) is 19.3 Å². The molecular formula is C21H17F4N7O2. The quantitative estimate of drug-likeness (QED) is 0.404. The Bertz CT molecular complexity index is 1330. The highest BCUT2D eigenvalue weighted by molar-refractivity contribution is 5.90. The van der Waals surface area contributed by atoms with Gasteiger partial charge in [0, 0.05) is 19.3 Å². The van der Waals surface area contributed by atoms with E-state index in [9.17, 15) is 22.4 Å². The summed E-state index contributed by atoms with van der Waals surface area (Å²) in [6.07, 6.45) is -0.686. The molecule has 2 N–H and O–H groups in total. The number of carbonyl (C=O) groups is 1. The molecule has 0 fully saturated rings. The second-order valence-corrected chi connectivity index (χ2v) is 7.23. The second-order valence-electron chi connectivity index (χ2n) is 7.23. The normalized spacial score (nSPS) is 12.4. The van der Waals surface area contributed by atoms with E-state index in [2.05, 4.69) is 25.4 Å². The first kappa shape index (κ1) is 22.9. The van der Waals surface area contributed by atoms with Crippen molar-refractivity contribution in [2.45, 2.75) is 19.1 Å². The molecule has 3 heterocycles. The molecule has 0 radical (unpaired) electrons. The average Bonchev–Trinajstić information content (AvgIpc) is 3.42. The maximum atomic E-state index is 13.5. The third kappa shape index (κ3) is 4.87. The number of nitrogens with zero attached hydrogens (tertiary/aromatic N) is 5. The predicted octanol–water partition coefficient (Wildman–Crippen LogP) is 4.09. The van der Waals surface area contributed by atoms with Gasteiger partial charge < -0.3 is 15.1 Å². The van der Waals surface area contributed by atoms with Gasteiger partial charge in [0.25, 0.3) is 5.89 Å². The van der Waals surface area contributed by atoms with Crippen molar-refractivity contribution < 1.29 is 26.8 Å². The van der Waals surface area contributed by atoms with Crippen molar-refractivity contribution in [3.63, 3.8) is 0 Å². The summed E-state index contributed by atoms with van der Waals surface area (Å²) in [4.78, 5) is 25.0. The molecule has 34 heavy (non-hydrogen) atoms. The number of hydrogen-bond acceptors (Lipinski definition) is 7. The number of amides is 1. The number of halogens is 4. The summed E-state index contributed by atoms with van der Waals surface area (Å²) in [6, 6.07) is 3.12. The van der Waals surface area contributed by atoms with E-state index in [1.807, 2.05) is 0 Å². The summed E-state index contributed by atoms with van der Waals surface area (Å²) in [7, 11) is 1.72. The van der Waals surface area contributed by atoms with Crippen molar-refractivity contribution in [2.75, 3.05) is 5.32 Å². The van der Waals surface area contributed by atoms with Crippen LogP contribution in [0, 0.1) is 12.7 Å². The highest BCUT2D eigenvalue weighted by Crippen LogP contribution is 2.33. The van der Waals surface area contributed by atoms with E-state index in [0.717, 1.165) is 24.5 Å². The van der Waals surface area contributed by atoms with Crippen molar-refractivity contribution >= 4 is 17.7 Å². The molecule has 1 atom stereocenters. The summed E-state index contributed by atoms with van der Waals surface area (Å²) in [5.41, 5.74) is 0.543. The average molecular weight is 475 g/mol. The maximum absolute atomic E-state index is 13.5. The molecule has 9 nitrogen and oxygen atoms in total. The molecule has 0 saturated carbocycles. The van der Waals surface area contributed by atoms with Crippen molar-refractivity contribution in [3.8, 4) is 11.4 Å². The topological polar surface area (TPSA) is 111 Å². The van der Waals surface area contributed by atoms with Gasteiger partial charge >= 0.3 is 12.1 Å². The number of hydrogen-bond donors (Lipinski definition) is 2. The van der Waals surface area contributed by atoms with Gasteiger partial charge in [0.1, 0.15) is 29.3 Å². The van der Waals surface area contributed by atoms with E-state index in [-0.39, 0.29) is 11.6 Å². The Balaban J connectivity index is 1.57. The highest BCUT2D eigenvalue weighted by Gasteiger charge is 2.42. The van der Waals surface area contributed by atoms with E-state index < -0.39 is 35.4 Å². The predicted molar refractivity (Wildman–Crippen MR) is 111 cm³/mol. The lowest BCUT2D eigenvalue weighted by Gasteiger charge is -2.21. The number of alkyl halides is 3. The first-order chi connectivity index (χ1) is 16.1. The van der Waals surface area contributed by atoms with Crippen LogP contribution in [0.3, 0.4) is 0 Å². The Morgan fingerprint density at radius 1 is 1.21 bits per heavy atom. The first-order valence-corrected chi connectivity index (χ1v) is 9.79. The monoisotopic (exact) mass is 475 g/mol. The number of benzene rings is 1. The van der Waals surface area contributed by atoms with Crippen LogP contribution in [0.25, 0.3) is 11.4 Å². The number of rotatable bonds is 6. The standard InChI is InChI=1S/C21H17F4N7O2/c1-11-9-26-20(29-15-6-7-27-32(15)2)30-16(11)14-10-34-19(28-14)18(33)31-17(21(23,24)25)12-4-3-5-13(22)8-12/h3-10,17H,1-2H3,(H,31,33)(H,26,29,30)/t17-/m0/s1. The van der Waals surface area contributed by atoms with Gasteiger partial charge in [-0.2, -0.15) is 18.3 Å². The van der Waals surface area contributed by atoms with Gasteiger partial charge in [0.15, 0.2) is 6.04 Å². The number of aryl methyl sites for hydroxylation is 2. The Kier molecular flexibility index (Phi) is 6.01. The van der Waals surface area contributed by atoms with Crippen LogP contribution < -0.4 is 10.6 Å². The summed E-state index contributed by atoms with van der Waals surface area (Å²) in [6.45, 7) is 1.70. The van der Waals surface area contributed by atoms with Crippen LogP contribution in [-0.4, -0.2) is 36.8 Å². The lowest BCUT2D eigenvalue weighted by atomic mass is 10.1. The zero-order valence-corrected chi connectivity index (χ0v) is 17.8. The van der Waals surface area contributed by atoms with Crippen molar-refractivity contribution in [1.82, 2.24) is 30.0 Å². The molecule has 0 aliphatic carbocycles. The highest BCUT2D eigenvalue weighted by atomic mass is 19.4. The Morgan fingerprint density at radius 2 is 2.00 bits per heavy atom. The van der Waals surface area contributed by atoms with Crippen LogP contribution in [0.4, 0.5) is 29.3 Å². The van der Waals surface area contributed by atoms with Gasteiger partial charge in [0.05, 0.1) is 6.20 Å². The molecule has 0 spiro atoms. The first-order valence-electron chi connectivity index (χ1n) is 9.79. The van der Waals surface area contributed by atoms with Gasteiger partial charge in [-0.15, -0.1) is 0 Å².